The standard InChI is InChI=1S/C12H22N4O2S2/c1-4-12(5-2,19-3)9-15-20(17,18)10-6-7-11(16-13)14-8-10/h6-8,15H,4-5,9,13H2,1-3H3,(H,14,16). The molecule has 0 aromatic carbocycles. The van der Waals surface area contributed by atoms with Gasteiger partial charge in [-0.25, -0.2) is 24.0 Å². The lowest BCUT2D eigenvalue weighted by Gasteiger charge is -2.29. The second-order valence-corrected chi connectivity index (χ2v) is 7.48. The Kier molecular flexibility index (Phi) is 6.25. The Hall–Kier alpha value is -0.830. The second-order valence-electron chi connectivity index (χ2n) is 4.44. The third-order valence-electron chi connectivity index (χ3n) is 3.50. The van der Waals surface area contributed by atoms with Crippen LogP contribution in [0.3, 0.4) is 0 Å². The van der Waals surface area contributed by atoms with E-state index in [9.17, 15) is 8.42 Å². The highest BCUT2D eigenvalue weighted by Gasteiger charge is 2.27. The Balaban J connectivity index is 2.84. The molecule has 0 aliphatic carbocycles. The average molecular weight is 318 g/mol. The first kappa shape index (κ1) is 17.2. The van der Waals surface area contributed by atoms with Crippen LogP contribution in [0.25, 0.3) is 0 Å². The molecular formula is C12H22N4O2S2. The zero-order valence-electron chi connectivity index (χ0n) is 12.0. The minimum Gasteiger partial charge on any atom is -0.308 e. The maximum Gasteiger partial charge on any atom is 0.242 e. The molecule has 8 heteroatoms. The topological polar surface area (TPSA) is 97.1 Å². The molecule has 0 atom stereocenters. The predicted molar refractivity (Wildman–Crippen MR) is 84.1 cm³/mol. The molecule has 4 N–H and O–H groups in total. The van der Waals surface area contributed by atoms with Crippen LogP contribution >= 0.6 is 11.8 Å². The lowest BCUT2D eigenvalue weighted by Crippen LogP contribution is -2.39. The molecule has 0 saturated heterocycles. The van der Waals surface area contributed by atoms with Gasteiger partial charge in [0, 0.05) is 17.5 Å². The van der Waals surface area contributed by atoms with Crippen molar-refractivity contribution in [3.63, 3.8) is 0 Å². The van der Waals surface area contributed by atoms with Gasteiger partial charge < -0.3 is 5.43 Å². The summed E-state index contributed by atoms with van der Waals surface area (Å²) in [6, 6.07) is 3.00. The number of thioether (sulfide) groups is 1. The molecule has 0 unspecified atom stereocenters. The largest absolute Gasteiger partial charge is 0.308 e. The molecule has 20 heavy (non-hydrogen) atoms. The van der Waals surface area contributed by atoms with Gasteiger partial charge in [-0.2, -0.15) is 11.8 Å². The molecule has 0 fully saturated rings. The molecule has 6 nitrogen and oxygen atoms in total. The van der Waals surface area contributed by atoms with E-state index < -0.39 is 10.0 Å². The number of nitrogens with zero attached hydrogens (tertiary/aromatic N) is 1. The van der Waals surface area contributed by atoms with Gasteiger partial charge in [-0.3, -0.25) is 0 Å². The number of sulfonamides is 1. The van der Waals surface area contributed by atoms with Crippen LogP contribution < -0.4 is 16.0 Å². The quantitative estimate of drug-likeness (QED) is 0.497. The van der Waals surface area contributed by atoms with Crippen molar-refractivity contribution in [1.29, 1.82) is 0 Å². The van der Waals surface area contributed by atoms with Crippen LogP contribution in [0.15, 0.2) is 23.2 Å². The molecule has 114 valence electrons. The molecule has 0 spiro atoms. The Morgan fingerprint density at radius 2 is 2.00 bits per heavy atom. The molecule has 0 saturated carbocycles. The molecule has 1 rings (SSSR count). The molecule has 0 bridgehead atoms. The van der Waals surface area contributed by atoms with Crippen molar-refractivity contribution in [2.75, 3.05) is 18.2 Å². The van der Waals surface area contributed by atoms with E-state index in [1.807, 2.05) is 6.26 Å². The van der Waals surface area contributed by atoms with E-state index in [-0.39, 0.29) is 9.64 Å². The maximum atomic E-state index is 12.2. The fourth-order valence-corrected chi connectivity index (χ4v) is 3.75. The van der Waals surface area contributed by atoms with Crippen molar-refractivity contribution >= 4 is 27.6 Å². The van der Waals surface area contributed by atoms with Crippen LogP contribution in [0.2, 0.25) is 0 Å². The smallest absolute Gasteiger partial charge is 0.242 e. The van der Waals surface area contributed by atoms with E-state index in [1.54, 1.807) is 11.8 Å². The van der Waals surface area contributed by atoms with Gasteiger partial charge in [-0.05, 0) is 31.2 Å². The highest BCUT2D eigenvalue weighted by Crippen LogP contribution is 2.30. The number of nitrogen functional groups attached to an aromatic ring is 1. The van der Waals surface area contributed by atoms with Crippen LogP contribution in [-0.4, -0.2) is 30.9 Å². The van der Waals surface area contributed by atoms with Crippen LogP contribution in [0.4, 0.5) is 5.82 Å². The molecule has 0 radical (unpaired) electrons. The van der Waals surface area contributed by atoms with Gasteiger partial charge in [0.2, 0.25) is 10.0 Å². The van der Waals surface area contributed by atoms with Gasteiger partial charge in [0.1, 0.15) is 10.7 Å². The van der Waals surface area contributed by atoms with Crippen LogP contribution in [0.5, 0.6) is 0 Å². The van der Waals surface area contributed by atoms with E-state index in [0.29, 0.717) is 12.4 Å². The van der Waals surface area contributed by atoms with Crippen molar-refractivity contribution in [3.05, 3.63) is 18.3 Å². The number of hydrazine groups is 1. The summed E-state index contributed by atoms with van der Waals surface area (Å²) in [7, 11) is -3.54. The van der Waals surface area contributed by atoms with Crippen LogP contribution in [-0.2, 0) is 10.0 Å². The summed E-state index contributed by atoms with van der Waals surface area (Å²) in [6.45, 7) is 4.54. The third-order valence-corrected chi connectivity index (χ3v) is 6.47. The van der Waals surface area contributed by atoms with E-state index >= 15 is 0 Å². The number of aromatic nitrogens is 1. The predicted octanol–water partition coefficient (Wildman–Crippen LogP) is 1.57. The zero-order chi connectivity index (χ0) is 15.2. The zero-order valence-corrected chi connectivity index (χ0v) is 13.6. The van der Waals surface area contributed by atoms with Crippen molar-refractivity contribution in [2.24, 2.45) is 5.84 Å². The molecule has 1 aromatic heterocycles. The summed E-state index contributed by atoms with van der Waals surface area (Å²) in [5.41, 5.74) is 2.36. The lowest BCUT2D eigenvalue weighted by atomic mass is 10.0. The summed E-state index contributed by atoms with van der Waals surface area (Å²) in [6.07, 6.45) is 5.10. The fraction of sp³-hybridized carbons (Fsp3) is 0.583. The number of hydrogen-bond acceptors (Lipinski definition) is 6. The van der Waals surface area contributed by atoms with Gasteiger partial charge >= 0.3 is 0 Å². The highest BCUT2D eigenvalue weighted by atomic mass is 32.2. The van der Waals surface area contributed by atoms with Gasteiger partial charge in [-0.15, -0.1) is 0 Å². The van der Waals surface area contributed by atoms with E-state index in [4.69, 9.17) is 5.84 Å². The number of hydrogen-bond donors (Lipinski definition) is 3. The Labute approximate surface area is 124 Å². The highest BCUT2D eigenvalue weighted by molar-refractivity contribution is 8.00. The first-order chi connectivity index (χ1) is 9.43. The lowest BCUT2D eigenvalue weighted by molar-refractivity contribution is 0.522. The minimum absolute atomic E-state index is 0.0702. The fourth-order valence-electron chi connectivity index (χ4n) is 1.80. The molecular weight excluding hydrogens is 296 g/mol. The van der Waals surface area contributed by atoms with E-state index in [2.05, 4.69) is 29.0 Å². The monoisotopic (exact) mass is 318 g/mol. The number of nitrogens with one attached hydrogen (secondary N) is 2. The first-order valence-electron chi connectivity index (χ1n) is 6.40. The van der Waals surface area contributed by atoms with Gasteiger partial charge in [0.15, 0.2) is 0 Å². The van der Waals surface area contributed by atoms with Crippen molar-refractivity contribution in [3.8, 4) is 0 Å². The number of nitrogens with two attached hydrogens (primary N) is 1. The van der Waals surface area contributed by atoms with Crippen molar-refractivity contribution < 1.29 is 8.42 Å². The second kappa shape index (κ2) is 7.26. The summed E-state index contributed by atoms with van der Waals surface area (Å²) in [5.74, 6) is 5.62. The number of anilines is 1. The van der Waals surface area contributed by atoms with E-state index in [1.165, 1.54) is 18.3 Å². The summed E-state index contributed by atoms with van der Waals surface area (Å²) >= 11 is 1.69. The maximum absolute atomic E-state index is 12.2. The summed E-state index contributed by atoms with van der Waals surface area (Å²) in [5, 5.41) is 0. The third kappa shape index (κ3) is 4.08. The summed E-state index contributed by atoms with van der Waals surface area (Å²) in [4.78, 5) is 4.05. The van der Waals surface area contributed by atoms with Gasteiger partial charge in [0.25, 0.3) is 0 Å². The SMILES string of the molecule is CCC(CC)(CNS(=O)(=O)c1ccc(NN)nc1)SC. The molecule has 0 aliphatic heterocycles. The molecule has 0 amide bonds. The summed E-state index contributed by atoms with van der Waals surface area (Å²) < 4.78 is 27.0. The minimum atomic E-state index is -3.54. The molecule has 0 aliphatic rings. The normalized spacial score (nSPS) is 12.4. The van der Waals surface area contributed by atoms with Crippen molar-refractivity contribution in [1.82, 2.24) is 9.71 Å². The number of rotatable bonds is 8. The van der Waals surface area contributed by atoms with Crippen molar-refractivity contribution in [2.45, 2.75) is 36.3 Å². The average Bonchev–Trinajstić information content (AvgIpc) is 2.49. The molecule has 1 heterocycles. The first-order valence-corrected chi connectivity index (χ1v) is 9.11. The van der Waals surface area contributed by atoms with Crippen LogP contribution in [0.1, 0.15) is 26.7 Å². The Bertz CT molecular complexity index is 504. The number of pyridine rings is 1. The Morgan fingerprint density at radius 1 is 1.35 bits per heavy atom. The van der Waals surface area contributed by atoms with Crippen LogP contribution in [0, 0.1) is 0 Å². The van der Waals surface area contributed by atoms with Gasteiger partial charge in [-0.1, -0.05) is 13.8 Å². The molecule has 1 aromatic rings. The van der Waals surface area contributed by atoms with E-state index in [0.717, 1.165) is 12.8 Å². The Morgan fingerprint density at radius 3 is 2.40 bits per heavy atom. The van der Waals surface area contributed by atoms with Gasteiger partial charge in [0.05, 0.1) is 0 Å².